The first-order chi connectivity index (χ1) is 14.2. The number of ether oxygens (including phenoxy) is 1. The molecular formula is C25H24N2O2. The van der Waals surface area contributed by atoms with Crippen molar-refractivity contribution in [1.29, 1.82) is 0 Å². The van der Waals surface area contributed by atoms with Crippen molar-refractivity contribution in [1.82, 2.24) is 4.90 Å². The molecular weight excluding hydrogens is 360 g/mol. The van der Waals surface area contributed by atoms with Gasteiger partial charge in [0, 0.05) is 19.0 Å². The fraction of sp³-hybridized carbons (Fsp3) is 0.200. The summed E-state index contributed by atoms with van der Waals surface area (Å²) in [6.45, 7) is 3.74. The quantitative estimate of drug-likeness (QED) is 0.593. The minimum absolute atomic E-state index is 0.0212. The van der Waals surface area contributed by atoms with E-state index in [1.807, 2.05) is 54.6 Å². The van der Waals surface area contributed by atoms with Crippen LogP contribution in [0.2, 0.25) is 0 Å². The van der Waals surface area contributed by atoms with E-state index in [1.54, 1.807) is 0 Å². The van der Waals surface area contributed by atoms with Gasteiger partial charge in [-0.05, 0) is 22.3 Å². The van der Waals surface area contributed by atoms with Gasteiger partial charge < -0.3 is 9.64 Å². The molecule has 0 saturated heterocycles. The fourth-order valence-corrected chi connectivity index (χ4v) is 3.75. The number of amidine groups is 1. The number of carbonyl (C=O) groups is 1. The number of benzene rings is 3. The second-order valence-corrected chi connectivity index (χ2v) is 7.27. The van der Waals surface area contributed by atoms with E-state index in [9.17, 15) is 4.79 Å². The van der Waals surface area contributed by atoms with E-state index in [4.69, 9.17) is 4.74 Å². The maximum atomic E-state index is 12.5. The van der Waals surface area contributed by atoms with Gasteiger partial charge in [-0.15, -0.1) is 0 Å². The van der Waals surface area contributed by atoms with Crippen molar-refractivity contribution < 1.29 is 9.53 Å². The van der Waals surface area contributed by atoms with Crippen molar-refractivity contribution in [2.75, 3.05) is 0 Å². The molecule has 0 aromatic heterocycles. The number of amides is 1. The highest BCUT2D eigenvalue weighted by atomic mass is 16.5. The lowest BCUT2D eigenvalue weighted by atomic mass is 9.89. The zero-order valence-electron chi connectivity index (χ0n) is 16.5. The molecule has 1 atom stereocenters. The molecule has 146 valence electrons. The van der Waals surface area contributed by atoms with Crippen LogP contribution in [0.5, 0.6) is 0 Å². The van der Waals surface area contributed by atoms with Crippen molar-refractivity contribution in [2.45, 2.75) is 32.5 Å². The molecule has 0 bridgehead atoms. The summed E-state index contributed by atoms with van der Waals surface area (Å²) >= 11 is 0. The predicted molar refractivity (Wildman–Crippen MR) is 115 cm³/mol. The summed E-state index contributed by atoms with van der Waals surface area (Å²) in [6, 6.07) is 28.3. The van der Waals surface area contributed by atoms with Crippen LogP contribution in [0.25, 0.3) is 0 Å². The van der Waals surface area contributed by atoms with E-state index in [-0.39, 0.29) is 12.5 Å². The average molecular weight is 384 g/mol. The third kappa shape index (κ3) is 4.54. The van der Waals surface area contributed by atoms with Crippen LogP contribution in [-0.2, 0) is 24.4 Å². The summed E-state index contributed by atoms with van der Waals surface area (Å²) in [4.78, 5) is 19.1. The zero-order chi connectivity index (χ0) is 20.1. The van der Waals surface area contributed by atoms with E-state index in [2.05, 4.69) is 47.1 Å². The lowest BCUT2D eigenvalue weighted by molar-refractivity contribution is 0.150. The molecule has 0 N–H and O–H groups in total. The number of fused-ring (bicyclic) bond motifs is 1. The van der Waals surface area contributed by atoms with Crippen molar-refractivity contribution in [3.63, 3.8) is 0 Å². The lowest BCUT2D eigenvalue weighted by Crippen LogP contribution is -2.38. The number of rotatable bonds is 4. The minimum Gasteiger partial charge on any atom is -0.443 e. The highest BCUT2D eigenvalue weighted by Crippen LogP contribution is 2.31. The fourth-order valence-electron chi connectivity index (χ4n) is 3.75. The van der Waals surface area contributed by atoms with Gasteiger partial charge in [0.05, 0.1) is 0 Å². The second-order valence-electron chi connectivity index (χ2n) is 7.27. The molecule has 4 heteroatoms. The molecule has 1 heterocycles. The Morgan fingerprint density at radius 3 is 2.28 bits per heavy atom. The van der Waals surface area contributed by atoms with Crippen LogP contribution in [0.15, 0.2) is 89.9 Å². The monoisotopic (exact) mass is 384 g/mol. The van der Waals surface area contributed by atoms with E-state index in [0.717, 1.165) is 17.9 Å². The Kier molecular flexibility index (Phi) is 5.71. The normalized spacial score (nSPS) is 17.1. The van der Waals surface area contributed by atoms with E-state index < -0.39 is 6.09 Å². The largest absolute Gasteiger partial charge is 0.443 e. The van der Waals surface area contributed by atoms with Gasteiger partial charge in [-0.3, -0.25) is 0 Å². The zero-order valence-corrected chi connectivity index (χ0v) is 16.5. The Morgan fingerprint density at radius 1 is 0.931 bits per heavy atom. The molecule has 29 heavy (non-hydrogen) atoms. The number of aliphatic imine (C=N–C) groups is 1. The van der Waals surface area contributed by atoms with Crippen LogP contribution in [-0.4, -0.2) is 16.8 Å². The molecule has 4 nitrogen and oxygen atoms in total. The van der Waals surface area contributed by atoms with E-state index >= 15 is 0 Å². The van der Waals surface area contributed by atoms with Crippen LogP contribution >= 0.6 is 0 Å². The van der Waals surface area contributed by atoms with Crippen LogP contribution in [0, 0.1) is 0 Å². The highest BCUT2D eigenvalue weighted by molar-refractivity contribution is 5.97. The predicted octanol–water partition coefficient (Wildman–Crippen LogP) is 5.54. The van der Waals surface area contributed by atoms with Gasteiger partial charge in [0.1, 0.15) is 12.4 Å². The molecule has 1 aliphatic rings. The summed E-state index contributed by atoms with van der Waals surface area (Å²) in [6.07, 6.45) is -0.548. The molecule has 0 saturated carbocycles. The maximum Gasteiger partial charge on any atom is 0.435 e. The van der Waals surface area contributed by atoms with Gasteiger partial charge >= 0.3 is 6.09 Å². The molecule has 3 aromatic rings. The third-order valence-electron chi connectivity index (χ3n) is 5.22. The molecule has 0 radical (unpaired) electrons. The first kappa shape index (κ1) is 18.9. The molecule has 0 spiro atoms. The van der Waals surface area contributed by atoms with Crippen molar-refractivity contribution in [3.8, 4) is 0 Å². The Bertz CT molecular complexity index is 1000. The Labute approximate surface area is 171 Å². The molecule has 0 aliphatic carbocycles. The molecule has 4 rings (SSSR count). The van der Waals surface area contributed by atoms with Gasteiger partial charge in [-0.2, -0.15) is 4.99 Å². The number of hydrogen-bond acceptors (Lipinski definition) is 2. The SMILES string of the molecule is CC1/C(=N\C(=O)OCc2ccccc2)N(Cc2ccccc2)Cc2ccccc21. The summed E-state index contributed by atoms with van der Waals surface area (Å²) in [5.74, 6) is 0.776. The van der Waals surface area contributed by atoms with Crippen molar-refractivity contribution in [3.05, 3.63) is 107 Å². The van der Waals surface area contributed by atoms with Crippen LogP contribution in [0.3, 0.4) is 0 Å². The smallest absolute Gasteiger partial charge is 0.435 e. The summed E-state index contributed by atoms with van der Waals surface area (Å²) < 4.78 is 5.41. The first-order valence-corrected chi connectivity index (χ1v) is 9.86. The lowest BCUT2D eigenvalue weighted by Gasteiger charge is -2.36. The second kappa shape index (κ2) is 8.74. The van der Waals surface area contributed by atoms with Gasteiger partial charge in [0.2, 0.25) is 0 Å². The van der Waals surface area contributed by atoms with Crippen LogP contribution < -0.4 is 0 Å². The third-order valence-corrected chi connectivity index (χ3v) is 5.22. The summed E-state index contributed by atoms with van der Waals surface area (Å²) in [5, 5.41) is 0. The topological polar surface area (TPSA) is 41.9 Å². The summed E-state index contributed by atoms with van der Waals surface area (Å²) in [5.41, 5.74) is 4.62. The first-order valence-electron chi connectivity index (χ1n) is 9.86. The maximum absolute atomic E-state index is 12.5. The van der Waals surface area contributed by atoms with Gasteiger partial charge in [-0.25, -0.2) is 4.79 Å². The van der Waals surface area contributed by atoms with Gasteiger partial charge in [0.15, 0.2) is 0 Å². The average Bonchev–Trinajstić information content (AvgIpc) is 2.76. The molecule has 3 aromatic carbocycles. The van der Waals surface area contributed by atoms with Gasteiger partial charge in [-0.1, -0.05) is 91.9 Å². The molecule has 0 fully saturated rings. The van der Waals surface area contributed by atoms with E-state index in [1.165, 1.54) is 16.7 Å². The van der Waals surface area contributed by atoms with Crippen molar-refractivity contribution in [2.24, 2.45) is 4.99 Å². The number of nitrogens with zero attached hydrogens (tertiary/aromatic N) is 2. The van der Waals surface area contributed by atoms with Crippen LogP contribution in [0.4, 0.5) is 4.79 Å². The number of carbonyl (C=O) groups excluding carboxylic acids is 1. The molecule has 1 amide bonds. The Morgan fingerprint density at radius 2 is 1.55 bits per heavy atom. The Balaban J connectivity index is 1.58. The van der Waals surface area contributed by atoms with Crippen molar-refractivity contribution >= 4 is 11.9 Å². The van der Waals surface area contributed by atoms with Crippen LogP contribution in [0.1, 0.15) is 35.1 Å². The minimum atomic E-state index is -0.548. The molecule has 1 unspecified atom stereocenters. The Hall–Kier alpha value is -3.40. The van der Waals surface area contributed by atoms with E-state index in [0.29, 0.717) is 6.54 Å². The highest BCUT2D eigenvalue weighted by Gasteiger charge is 2.29. The standard InChI is InChI=1S/C25H24N2O2/c1-19-23-15-9-8-14-22(23)17-27(16-20-10-4-2-5-11-20)24(19)26-25(28)29-18-21-12-6-3-7-13-21/h2-15,19H,16-18H2,1H3/b26-24+. The van der Waals surface area contributed by atoms with Gasteiger partial charge in [0.25, 0.3) is 0 Å². The number of hydrogen-bond donors (Lipinski definition) is 0. The molecule has 1 aliphatic heterocycles. The summed E-state index contributed by atoms with van der Waals surface area (Å²) in [7, 11) is 0.